The molecule has 0 spiro atoms. The summed E-state index contributed by atoms with van der Waals surface area (Å²) in [6.45, 7) is 3.75. The minimum Gasteiger partial charge on any atom is -0.454 e. The highest BCUT2D eigenvalue weighted by Crippen LogP contribution is 2.35. The first-order valence-electron chi connectivity index (χ1n) is 8.49. The quantitative estimate of drug-likeness (QED) is 0.709. The zero-order valence-corrected chi connectivity index (χ0v) is 15.8. The highest BCUT2D eigenvalue weighted by Gasteiger charge is 2.31. The van der Waals surface area contributed by atoms with Crippen LogP contribution >= 0.6 is 11.6 Å². The largest absolute Gasteiger partial charge is 0.454 e. The Morgan fingerprint density at radius 3 is 2.46 bits per heavy atom. The van der Waals surface area contributed by atoms with E-state index in [9.17, 15) is 18.0 Å². The van der Waals surface area contributed by atoms with Gasteiger partial charge in [-0.15, -0.1) is 0 Å². The first-order valence-corrected chi connectivity index (χ1v) is 8.87. The summed E-state index contributed by atoms with van der Waals surface area (Å²) in [6.07, 6.45) is -4.49. The number of alkyl halides is 3. The number of carbonyl (C=O) groups excluding carboxylic acids is 1. The molecule has 5 nitrogen and oxygen atoms in total. The summed E-state index contributed by atoms with van der Waals surface area (Å²) < 4.78 is 48.9. The Morgan fingerprint density at radius 2 is 1.82 bits per heavy atom. The molecule has 0 unspecified atom stereocenters. The predicted octanol–water partition coefficient (Wildman–Crippen LogP) is 5.16. The van der Waals surface area contributed by atoms with Crippen LogP contribution in [-0.2, 0) is 11.0 Å². The summed E-state index contributed by atoms with van der Waals surface area (Å²) in [5, 5.41) is 5.58. The van der Waals surface area contributed by atoms with Crippen molar-refractivity contribution < 1.29 is 27.4 Å². The van der Waals surface area contributed by atoms with Crippen molar-refractivity contribution in [3.05, 3.63) is 47.0 Å². The van der Waals surface area contributed by atoms with Gasteiger partial charge in [-0.05, 0) is 36.2 Å². The summed E-state index contributed by atoms with van der Waals surface area (Å²) in [7, 11) is 0. The molecule has 3 rings (SSSR count). The second-order valence-electron chi connectivity index (χ2n) is 6.62. The number of nitrogens with one attached hydrogen (secondary N) is 2. The molecule has 0 fully saturated rings. The van der Waals surface area contributed by atoms with E-state index in [-0.39, 0.29) is 29.3 Å². The van der Waals surface area contributed by atoms with Gasteiger partial charge < -0.3 is 20.1 Å². The minimum atomic E-state index is -4.49. The predicted molar refractivity (Wildman–Crippen MR) is 99.9 cm³/mol. The number of hydrogen-bond acceptors (Lipinski definition) is 4. The first-order chi connectivity index (χ1) is 13.1. The number of fused-ring (bicyclic) bond motifs is 1. The third-order valence-corrected chi connectivity index (χ3v) is 4.51. The van der Waals surface area contributed by atoms with Gasteiger partial charge in [0.25, 0.3) is 0 Å². The maximum Gasteiger partial charge on any atom is 0.416 e. The molecule has 2 aromatic carbocycles. The fourth-order valence-electron chi connectivity index (χ4n) is 2.71. The highest BCUT2D eigenvalue weighted by atomic mass is 35.5. The number of halogens is 4. The fourth-order valence-corrected chi connectivity index (χ4v) is 2.94. The number of hydrogen-bond donors (Lipinski definition) is 2. The van der Waals surface area contributed by atoms with Gasteiger partial charge in [0, 0.05) is 11.8 Å². The van der Waals surface area contributed by atoms with Gasteiger partial charge in [0.1, 0.15) is 6.04 Å². The van der Waals surface area contributed by atoms with Crippen molar-refractivity contribution in [2.24, 2.45) is 5.92 Å². The Hall–Kier alpha value is -2.61. The maximum absolute atomic E-state index is 12.8. The van der Waals surface area contributed by atoms with Crippen LogP contribution in [0, 0.1) is 5.92 Å². The number of benzene rings is 2. The first kappa shape index (κ1) is 20.1. The molecule has 0 bridgehead atoms. The van der Waals surface area contributed by atoms with Crippen LogP contribution in [0.3, 0.4) is 0 Å². The lowest BCUT2D eigenvalue weighted by Gasteiger charge is -2.24. The molecular formula is C19H18ClF3N2O3. The van der Waals surface area contributed by atoms with E-state index >= 15 is 0 Å². The normalized spacial score (nSPS) is 14.1. The van der Waals surface area contributed by atoms with E-state index in [0.29, 0.717) is 17.2 Å². The van der Waals surface area contributed by atoms with E-state index in [1.165, 1.54) is 6.07 Å². The lowest BCUT2D eigenvalue weighted by molar-refractivity contribution is -0.137. The van der Waals surface area contributed by atoms with Crippen molar-refractivity contribution in [1.29, 1.82) is 0 Å². The molecule has 1 amide bonds. The number of rotatable bonds is 5. The van der Waals surface area contributed by atoms with Crippen LogP contribution in [0.5, 0.6) is 11.5 Å². The molecule has 1 atom stereocenters. The Bertz CT molecular complexity index is 887. The third-order valence-electron chi connectivity index (χ3n) is 4.20. The van der Waals surface area contributed by atoms with Gasteiger partial charge in [-0.3, -0.25) is 4.79 Å². The summed E-state index contributed by atoms with van der Waals surface area (Å²) in [5.41, 5.74) is -0.0941. The van der Waals surface area contributed by atoms with E-state index < -0.39 is 17.8 Å². The molecule has 150 valence electrons. The van der Waals surface area contributed by atoms with E-state index in [0.717, 1.165) is 12.1 Å². The van der Waals surface area contributed by atoms with Crippen molar-refractivity contribution in [3.8, 4) is 11.5 Å². The van der Waals surface area contributed by atoms with Gasteiger partial charge in [-0.1, -0.05) is 25.4 Å². The van der Waals surface area contributed by atoms with Crippen molar-refractivity contribution >= 4 is 28.9 Å². The smallest absolute Gasteiger partial charge is 0.416 e. The molecule has 1 heterocycles. The highest BCUT2D eigenvalue weighted by molar-refractivity contribution is 6.33. The Balaban J connectivity index is 1.75. The van der Waals surface area contributed by atoms with Crippen LogP contribution < -0.4 is 20.1 Å². The lowest BCUT2D eigenvalue weighted by atomic mass is 10.0. The van der Waals surface area contributed by atoms with Crippen LogP contribution in [-0.4, -0.2) is 18.7 Å². The molecule has 9 heteroatoms. The maximum atomic E-state index is 12.8. The molecule has 28 heavy (non-hydrogen) atoms. The lowest BCUT2D eigenvalue weighted by Crippen LogP contribution is -2.39. The number of anilines is 2. The van der Waals surface area contributed by atoms with Crippen molar-refractivity contribution in [3.63, 3.8) is 0 Å². The summed E-state index contributed by atoms with van der Waals surface area (Å²) in [6, 6.07) is 7.24. The van der Waals surface area contributed by atoms with E-state index in [2.05, 4.69) is 10.6 Å². The van der Waals surface area contributed by atoms with Crippen LogP contribution in [0.4, 0.5) is 24.5 Å². The molecule has 2 aromatic rings. The second-order valence-corrected chi connectivity index (χ2v) is 7.02. The fraction of sp³-hybridized carbons (Fsp3) is 0.316. The van der Waals surface area contributed by atoms with Gasteiger partial charge in [0.2, 0.25) is 12.7 Å². The molecule has 0 aromatic heterocycles. The van der Waals surface area contributed by atoms with Crippen LogP contribution in [0.25, 0.3) is 0 Å². The molecule has 0 radical (unpaired) electrons. The molecule has 0 aliphatic carbocycles. The Morgan fingerprint density at radius 1 is 1.11 bits per heavy atom. The van der Waals surface area contributed by atoms with Crippen LogP contribution in [0.2, 0.25) is 5.02 Å². The van der Waals surface area contributed by atoms with Crippen molar-refractivity contribution in [1.82, 2.24) is 0 Å². The van der Waals surface area contributed by atoms with Gasteiger partial charge in [-0.2, -0.15) is 13.2 Å². The zero-order valence-electron chi connectivity index (χ0n) is 15.1. The molecule has 0 saturated carbocycles. The van der Waals surface area contributed by atoms with Gasteiger partial charge in [-0.25, -0.2) is 0 Å². The second kappa shape index (κ2) is 7.79. The number of amides is 1. The standard InChI is InChI=1S/C19H18ClF3N2O3/c1-10(2)17(25-14-5-3-11(7-13(14)20)19(21,22)23)18(26)24-12-4-6-15-16(8-12)28-9-27-15/h3-8,10,17,25H,9H2,1-2H3,(H,24,26)/t17-/m0/s1. The molecule has 1 aliphatic heterocycles. The summed E-state index contributed by atoms with van der Waals surface area (Å²) in [5.74, 6) is 0.600. The van der Waals surface area contributed by atoms with Crippen LogP contribution in [0.15, 0.2) is 36.4 Å². The zero-order chi connectivity index (χ0) is 20.5. The monoisotopic (exact) mass is 414 g/mol. The third kappa shape index (κ3) is 4.44. The van der Waals surface area contributed by atoms with E-state index in [4.69, 9.17) is 21.1 Å². The van der Waals surface area contributed by atoms with Crippen molar-refractivity contribution in [2.45, 2.75) is 26.1 Å². The number of ether oxygens (including phenoxy) is 2. The Kier molecular flexibility index (Phi) is 5.60. The van der Waals surface area contributed by atoms with E-state index in [1.54, 1.807) is 18.2 Å². The number of carbonyl (C=O) groups is 1. The molecule has 2 N–H and O–H groups in total. The van der Waals surface area contributed by atoms with Gasteiger partial charge in [0.05, 0.1) is 16.3 Å². The Labute approximate surface area is 164 Å². The summed E-state index contributed by atoms with van der Waals surface area (Å²) in [4.78, 5) is 12.7. The topological polar surface area (TPSA) is 59.6 Å². The molecule has 1 aliphatic rings. The van der Waals surface area contributed by atoms with Crippen LogP contribution in [0.1, 0.15) is 19.4 Å². The average Bonchev–Trinajstić information content (AvgIpc) is 3.07. The summed E-state index contributed by atoms with van der Waals surface area (Å²) >= 11 is 5.99. The average molecular weight is 415 g/mol. The molecule has 0 saturated heterocycles. The van der Waals surface area contributed by atoms with E-state index in [1.807, 2.05) is 13.8 Å². The SMILES string of the molecule is CC(C)[C@H](Nc1ccc(C(F)(F)F)cc1Cl)C(=O)Nc1ccc2c(c1)OCO2. The van der Waals surface area contributed by atoms with Gasteiger partial charge >= 0.3 is 6.18 Å². The van der Waals surface area contributed by atoms with Gasteiger partial charge in [0.15, 0.2) is 11.5 Å². The molecular weight excluding hydrogens is 397 g/mol. The van der Waals surface area contributed by atoms with Crippen molar-refractivity contribution in [2.75, 3.05) is 17.4 Å². The minimum absolute atomic E-state index is 0.114.